The zero-order valence-corrected chi connectivity index (χ0v) is 22.7. The number of Topliss-reactive ketones (excluding diaryl/α,β-unsaturated/α-hetero) is 1. The molecule has 226 valence electrons. The molecular weight excluding hydrogens is 576 g/mol. The summed E-state index contributed by atoms with van der Waals surface area (Å²) in [4.78, 5) is 38.4. The summed E-state index contributed by atoms with van der Waals surface area (Å²) in [7, 11) is 0. The van der Waals surface area contributed by atoms with Crippen LogP contribution in [-0.4, -0.2) is 63.7 Å². The summed E-state index contributed by atoms with van der Waals surface area (Å²) in [6, 6.07) is 9.83. The number of H-pyrrole nitrogens is 1. The number of pyridine rings is 1. The highest BCUT2D eigenvalue weighted by Crippen LogP contribution is 2.37. The Kier molecular flexibility index (Phi) is 8.56. The van der Waals surface area contributed by atoms with Gasteiger partial charge in [0.1, 0.15) is 0 Å². The van der Waals surface area contributed by atoms with Gasteiger partial charge in [-0.15, -0.1) is 0 Å². The summed E-state index contributed by atoms with van der Waals surface area (Å²) in [5.74, 6) is -1.88. The van der Waals surface area contributed by atoms with Crippen molar-refractivity contribution < 1.29 is 35.9 Å². The van der Waals surface area contributed by atoms with E-state index in [2.05, 4.69) is 15.3 Å². The van der Waals surface area contributed by atoms with Gasteiger partial charge >= 0.3 is 12.4 Å². The number of hydrogen-bond donors (Lipinski definition) is 2. The van der Waals surface area contributed by atoms with Crippen LogP contribution in [0.5, 0.6) is 0 Å². The van der Waals surface area contributed by atoms with E-state index in [4.69, 9.17) is 0 Å². The Balaban J connectivity index is 1.58. The van der Waals surface area contributed by atoms with Crippen molar-refractivity contribution in [3.63, 3.8) is 0 Å². The Morgan fingerprint density at radius 3 is 2.21 bits per heavy atom. The van der Waals surface area contributed by atoms with Crippen LogP contribution in [0.15, 0.2) is 73.2 Å². The normalized spacial score (nSPS) is 15.4. The molecule has 7 nitrogen and oxygen atoms in total. The molecule has 2 aromatic carbocycles. The molecule has 1 aliphatic heterocycles. The van der Waals surface area contributed by atoms with Crippen molar-refractivity contribution in [1.82, 2.24) is 25.1 Å². The van der Waals surface area contributed by atoms with Gasteiger partial charge in [-0.25, -0.2) is 0 Å². The average Bonchev–Trinajstić information content (AvgIpc) is 3.39. The van der Waals surface area contributed by atoms with Crippen molar-refractivity contribution in [1.29, 1.82) is 0 Å². The molecule has 4 aromatic rings. The van der Waals surface area contributed by atoms with Crippen LogP contribution in [0.1, 0.15) is 32.6 Å². The maximum absolute atomic E-state index is 14.4. The van der Waals surface area contributed by atoms with Crippen molar-refractivity contribution in [2.75, 3.05) is 26.2 Å². The quantitative estimate of drug-likeness (QED) is 0.163. The first-order chi connectivity index (χ1) is 20.4. The second-order valence-corrected chi connectivity index (χ2v) is 10.3. The van der Waals surface area contributed by atoms with Gasteiger partial charge in [-0.1, -0.05) is 24.3 Å². The largest absolute Gasteiger partial charge is 0.416 e. The van der Waals surface area contributed by atoms with Gasteiger partial charge in [0.2, 0.25) is 5.91 Å². The predicted molar refractivity (Wildman–Crippen MR) is 146 cm³/mol. The fraction of sp³-hybridized carbons (Fsp3) is 0.300. The van der Waals surface area contributed by atoms with Crippen LogP contribution in [0.25, 0.3) is 10.9 Å². The lowest BCUT2D eigenvalue weighted by Gasteiger charge is -2.36. The average molecular weight is 604 g/mol. The number of aromatic nitrogens is 2. The van der Waals surface area contributed by atoms with E-state index in [1.165, 1.54) is 9.80 Å². The minimum atomic E-state index is -5.15. The Bertz CT molecular complexity index is 1560. The molecule has 1 atom stereocenters. The number of aromatic amines is 1. The van der Waals surface area contributed by atoms with Crippen molar-refractivity contribution in [3.8, 4) is 0 Å². The molecule has 13 heteroatoms. The summed E-state index contributed by atoms with van der Waals surface area (Å²) >= 11 is 0. The molecule has 43 heavy (non-hydrogen) atoms. The molecule has 0 saturated carbocycles. The van der Waals surface area contributed by atoms with E-state index in [-0.39, 0.29) is 32.2 Å². The van der Waals surface area contributed by atoms with Gasteiger partial charge in [-0.05, 0) is 41.5 Å². The smallest absolute Gasteiger partial charge is 0.361 e. The zero-order valence-electron chi connectivity index (χ0n) is 22.7. The van der Waals surface area contributed by atoms with Gasteiger partial charge in [0, 0.05) is 74.3 Å². The Hall–Kier alpha value is -4.23. The van der Waals surface area contributed by atoms with Gasteiger partial charge in [0.05, 0.1) is 11.1 Å². The third kappa shape index (κ3) is 6.89. The molecule has 0 radical (unpaired) electrons. The number of piperazine rings is 1. The molecule has 1 fully saturated rings. The third-order valence-corrected chi connectivity index (χ3v) is 7.32. The van der Waals surface area contributed by atoms with Crippen LogP contribution in [0.3, 0.4) is 0 Å². The molecule has 0 aliphatic carbocycles. The number of carbonyl (C=O) groups is 2. The molecule has 1 saturated heterocycles. The maximum Gasteiger partial charge on any atom is 0.416 e. The van der Waals surface area contributed by atoms with Gasteiger partial charge in [0.15, 0.2) is 11.8 Å². The van der Waals surface area contributed by atoms with Gasteiger partial charge in [-0.2, -0.15) is 26.3 Å². The first-order valence-electron chi connectivity index (χ1n) is 13.4. The van der Waals surface area contributed by atoms with Crippen molar-refractivity contribution in [2.45, 2.75) is 31.5 Å². The van der Waals surface area contributed by atoms with Crippen LogP contribution in [-0.2, 0) is 30.2 Å². The standard InChI is InChI=1S/C30H27F6N5O2/c31-29(32,33)22-12-20(13-23(14-22)30(34,35)36)27(42)26(40-10-8-37-9-11-40)28(43)41(17-19-4-3-7-38-15-19)18-21-16-39-25-6-2-1-5-24(21)25/h1-7,12-16,26,37,39H,8-11,17-18H2. The first-order valence-corrected chi connectivity index (χ1v) is 13.4. The number of alkyl halides is 6. The van der Waals surface area contributed by atoms with Crippen molar-refractivity contribution in [3.05, 3.63) is 101 Å². The summed E-state index contributed by atoms with van der Waals surface area (Å²) in [6.45, 7) is 1.13. The van der Waals surface area contributed by atoms with Crippen LogP contribution in [0.4, 0.5) is 26.3 Å². The van der Waals surface area contributed by atoms with E-state index in [9.17, 15) is 35.9 Å². The molecule has 0 spiro atoms. The molecular formula is C30H27F6N5O2. The summed E-state index contributed by atoms with van der Waals surface area (Å²) < 4.78 is 81.9. The number of amides is 1. The number of rotatable bonds is 8. The SMILES string of the molecule is O=C(c1cc(C(F)(F)F)cc(C(F)(F)F)c1)C(C(=O)N(Cc1cccnc1)Cc1c[nH]c2ccccc12)N1CCNCC1. The highest BCUT2D eigenvalue weighted by atomic mass is 19.4. The monoisotopic (exact) mass is 603 g/mol. The Morgan fingerprint density at radius 1 is 0.907 bits per heavy atom. The zero-order chi connectivity index (χ0) is 30.8. The van der Waals surface area contributed by atoms with Crippen LogP contribution in [0.2, 0.25) is 0 Å². The number of benzene rings is 2. The van der Waals surface area contributed by atoms with E-state index in [1.807, 2.05) is 24.3 Å². The highest BCUT2D eigenvalue weighted by molar-refractivity contribution is 6.13. The lowest BCUT2D eigenvalue weighted by Crippen LogP contribution is -2.57. The van der Waals surface area contributed by atoms with Gasteiger partial charge < -0.3 is 15.2 Å². The lowest BCUT2D eigenvalue weighted by atomic mass is 9.96. The second kappa shape index (κ2) is 12.2. The molecule has 1 amide bonds. The van der Waals surface area contributed by atoms with E-state index in [0.29, 0.717) is 30.8 Å². The minimum absolute atomic E-state index is 0.00155. The Labute approximate surface area is 242 Å². The number of hydrogen-bond acceptors (Lipinski definition) is 5. The van der Waals surface area contributed by atoms with E-state index in [0.717, 1.165) is 16.5 Å². The summed E-state index contributed by atoms with van der Waals surface area (Å²) in [5.41, 5.74) is -1.93. The van der Waals surface area contributed by atoms with Crippen LogP contribution < -0.4 is 5.32 Å². The summed E-state index contributed by atoms with van der Waals surface area (Å²) in [6.07, 6.45) is -5.48. The predicted octanol–water partition coefficient (Wildman–Crippen LogP) is 5.29. The number of ketones is 1. The molecule has 0 bridgehead atoms. The lowest BCUT2D eigenvalue weighted by molar-refractivity contribution is -0.143. The maximum atomic E-state index is 14.4. The second-order valence-electron chi connectivity index (χ2n) is 10.3. The van der Waals surface area contributed by atoms with E-state index in [1.54, 1.807) is 30.7 Å². The third-order valence-electron chi connectivity index (χ3n) is 7.32. The number of nitrogens with zero attached hydrogens (tertiary/aromatic N) is 3. The fourth-order valence-electron chi connectivity index (χ4n) is 5.19. The van der Waals surface area contributed by atoms with E-state index >= 15 is 0 Å². The van der Waals surface area contributed by atoms with Gasteiger partial charge in [0.25, 0.3) is 0 Å². The number of nitrogens with one attached hydrogen (secondary N) is 2. The summed E-state index contributed by atoms with van der Waals surface area (Å²) in [5, 5.41) is 3.91. The molecule has 1 unspecified atom stereocenters. The van der Waals surface area contributed by atoms with Crippen molar-refractivity contribution in [2.24, 2.45) is 0 Å². The molecule has 5 rings (SSSR count). The molecule has 2 N–H and O–H groups in total. The first kappa shape index (κ1) is 30.2. The van der Waals surface area contributed by atoms with E-state index < -0.39 is 46.8 Å². The molecule has 3 heterocycles. The van der Waals surface area contributed by atoms with Crippen LogP contribution >= 0.6 is 0 Å². The number of para-hydroxylation sites is 1. The number of halogens is 6. The van der Waals surface area contributed by atoms with Crippen molar-refractivity contribution >= 4 is 22.6 Å². The van der Waals surface area contributed by atoms with Crippen LogP contribution in [0, 0.1) is 0 Å². The number of fused-ring (bicyclic) bond motifs is 1. The minimum Gasteiger partial charge on any atom is -0.361 e. The highest BCUT2D eigenvalue weighted by Gasteiger charge is 2.41. The molecule has 1 aliphatic rings. The number of carbonyl (C=O) groups excluding carboxylic acids is 2. The fourth-order valence-corrected chi connectivity index (χ4v) is 5.19. The molecule has 2 aromatic heterocycles. The Morgan fingerprint density at radius 2 is 1.58 bits per heavy atom. The topological polar surface area (TPSA) is 81.3 Å². The van der Waals surface area contributed by atoms with Gasteiger partial charge in [-0.3, -0.25) is 19.5 Å².